The number of halogens is 3. The molecule has 2 aromatic rings. The number of hydrogen-bond donors (Lipinski definition) is 2. The van der Waals surface area contributed by atoms with E-state index >= 15 is 0 Å². The SMILES string of the molecule is C=C.C=CC=C.CCO.CCc1cc(-c2cc(OCOC)cc(OCOO)c2)ccc1C1=C/C=C/CCCC(CCCCC(F)(F)F)CC/C=C\1. The van der Waals surface area contributed by atoms with Crippen LogP contribution in [0.15, 0.2) is 105 Å². The average molecular weight is 717 g/mol. The zero-order valence-electron chi connectivity index (χ0n) is 30.8. The zero-order chi connectivity index (χ0) is 38.3. The third-order valence-corrected chi connectivity index (χ3v) is 7.56. The molecule has 0 amide bonds. The van der Waals surface area contributed by atoms with Crippen LogP contribution in [0.5, 0.6) is 11.5 Å². The predicted molar refractivity (Wildman–Crippen MR) is 205 cm³/mol. The van der Waals surface area contributed by atoms with Crippen LogP contribution >= 0.6 is 0 Å². The predicted octanol–water partition coefficient (Wildman–Crippen LogP) is 12.1. The molecule has 0 saturated heterocycles. The quantitative estimate of drug-likeness (QED) is 0.0506. The van der Waals surface area contributed by atoms with Crippen molar-refractivity contribution in [3.63, 3.8) is 0 Å². The number of methoxy groups -OCH3 is 1. The van der Waals surface area contributed by atoms with Gasteiger partial charge in [0, 0.05) is 26.2 Å². The number of aryl methyl sites for hydroxylation is 1. The van der Waals surface area contributed by atoms with Crippen LogP contribution in [0.3, 0.4) is 0 Å². The van der Waals surface area contributed by atoms with Crippen molar-refractivity contribution in [2.24, 2.45) is 5.92 Å². The Hall–Kier alpha value is -3.89. The van der Waals surface area contributed by atoms with Crippen molar-refractivity contribution in [1.29, 1.82) is 0 Å². The van der Waals surface area contributed by atoms with Crippen molar-refractivity contribution in [3.05, 3.63) is 116 Å². The number of alkyl halides is 3. The van der Waals surface area contributed by atoms with Crippen LogP contribution in [0.1, 0.15) is 82.8 Å². The summed E-state index contributed by atoms with van der Waals surface area (Å²) in [6.45, 7) is 16.6. The van der Waals surface area contributed by atoms with E-state index in [0.29, 0.717) is 23.8 Å². The molecule has 1 atom stereocenters. The summed E-state index contributed by atoms with van der Waals surface area (Å²) in [4.78, 5) is 4.08. The smallest absolute Gasteiger partial charge is 0.389 e. The zero-order valence-corrected chi connectivity index (χ0v) is 30.8. The third kappa shape index (κ3) is 21.8. The highest BCUT2D eigenvalue weighted by molar-refractivity contribution is 5.80. The van der Waals surface area contributed by atoms with Gasteiger partial charge in [-0.05, 0) is 91.3 Å². The first-order valence-corrected chi connectivity index (χ1v) is 17.4. The maximum atomic E-state index is 12.5. The molecule has 0 aromatic heterocycles. The first-order valence-electron chi connectivity index (χ1n) is 17.4. The topological polar surface area (TPSA) is 77.4 Å². The van der Waals surface area contributed by atoms with Gasteiger partial charge in [0.15, 0.2) is 6.79 Å². The van der Waals surface area contributed by atoms with Crippen molar-refractivity contribution in [1.82, 2.24) is 0 Å². The van der Waals surface area contributed by atoms with Crippen LogP contribution in [-0.4, -0.2) is 43.8 Å². The van der Waals surface area contributed by atoms with E-state index in [9.17, 15) is 13.2 Å². The minimum atomic E-state index is -4.06. The van der Waals surface area contributed by atoms with E-state index in [4.69, 9.17) is 24.6 Å². The highest BCUT2D eigenvalue weighted by Crippen LogP contribution is 2.34. The van der Waals surface area contributed by atoms with E-state index in [1.165, 1.54) is 5.56 Å². The van der Waals surface area contributed by atoms with Crippen LogP contribution in [0.25, 0.3) is 16.7 Å². The molecule has 9 heteroatoms. The second-order valence-corrected chi connectivity index (χ2v) is 11.3. The highest BCUT2D eigenvalue weighted by Gasteiger charge is 2.26. The van der Waals surface area contributed by atoms with Gasteiger partial charge in [0.1, 0.15) is 11.5 Å². The van der Waals surface area contributed by atoms with Crippen LogP contribution in [0.4, 0.5) is 13.2 Å². The van der Waals surface area contributed by atoms with Crippen molar-refractivity contribution >= 4 is 5.57 Å². The Morgan fingerprint density at radius 1 is 0.882 bits per heavy atom. The largest absolute Gasteiger partial charge is 0.467 e. The van der Waals surface area contributed by atoms with Gasteiger partial charge >= 0.3 is 6.18 Å². The summed E-state index contributed by atoms with van der Waals surface area (Å²) in [5.74, 6) is 1.51. The lowest BCUT2D eigenvalue weighted by molar-refractivity contribution is -0.278. The molecule has 1 aliphatic rings. The Balaban J connectivity index is 0.00000251. The van der Waals surface area contributed by atoms with Crippen molar-refractivity contribution < 1.29 is 42.6 Å². The van der Waals surface area contributed by atoms with Crippen LogP contribution in [-0.2, 0) is 16.0 Å². The number of rotatable bonds is 14. The second kappa shape index (κ2) is 29.8. The van der Waals surface area contributed by atoms with Gasteiger partial charge < -0.3 is 19.3 Å². The molecule has 51 heavy (non-hydrogen) atoms. The molecule has 2 aromatic carbocycles. The monoisotopic (exact) mass is 716 g/mol. The fourth-order valence-corrected chi connectivity index (χ4v) is 5.23. The molecule has 0 heterocycles. The van der Waals surface area contributed by atoms with Gasteiger partial charge in [0.25, 0.3) is 0 Å². The Kier molecular flexibility index (Phi) is 27.5. The number of benzene rings is 2. The number of hydrogen-bond acceptors (Lipinski definition) is 6. The molecule has 0 saturated carbocycles. The second-order valence-electron chi connectivity index (χ2n) is 11.3. The van der Waals surface area contributed by atoms with E-state index < -0.39 is 12.6 Å². The summed E-state index contributed by atoms with van der Waals surface area (Å²) in [7, 11) is 1.55. The van der Waals surface area contributed by atoms with Gasteiger partial charge in [-0.2, -0.15) is 18.1 Å². The summed E-state index contributed by atoms with van der Waals surface area (Å²) >= 11 is 0. The molecule has 0 radical (unpaired) electrons. The number of allylic oxidation sites excluding steroid dienone is 8. The summed E-state index contributed by atoms with van der Waals surface area (Å²) in [5, 5.41) is 16.3. The molecule has 2 N–H and O–H groups in total. The van der Waals surface area contributed by atoms with Crippen LogP contribution in [0.2, 0.25) is 0 Å². The lowest BCUT2D eigenvalue weighted by Gasteiger charge is -2.17. The highest BCUT2D eigenvalue weighted by atomic mass is 19.4. The summed E-state index contributed by atoms with van der Waals surface area (Å²) in [6.07, 6.45) is 16.8. The lowest BCUT2D eigenvalue weighted by atomic mass is 9.89. The molecule has 0 bridgehead atoms. The van der Waals surface area contributed by atoms with Crippen molar-refractivity contribution in [3.8, 4) is 22.6 Å². The van der Waals surface area contributed by atoms with Gasteiger partial charge in [-0.15, -0.1) is 13.2 Å². The average Bonchev–Trinajstić information content (AvgIpc) is 3.13. The molecule has 1 unspecified atom stereocenters. The standard InChI is InChI=1S/C34H43F3O5.C4H6.C2H6O.C2H4/c1-3-27-20-29(30-21-31(40-24-39-2)23-32(22-30)41-25-42-38)17-18-33(27)28-15-7-5-4-6-12-26(13-8-9-16-28)14-10-11-19-34(35,36)37;1-3-4-2;1-2-3;1-2/h5,7,9,15-18,20-23,26,38H,3-4,6,8,10-14,19,24-25H2,1-2H3;3-4H,1-2H2;3H,2H2,1H3;1-2H2/b7-5+,16-9-,28-15+;;;. The fraction of sp³-hybridized carbons (Fsp3) is 0.429. The van der Waals surface area contributed by atoms with E-state index in [-0.39, 0.29) is 26.6 Å². The Labute approximate surface area is 304 Å². The molecule has 6 nitrogen and oxygen atoms in total. The fourth-order valence-electron chi connectivity index (χ4n) is 5.23. The number of aliphatic hydroxyl groups excluding tert-OH is 1. The maximum Gasteiger partial charge on any atom is 0.389 e. The molecular formula is C42H59F3O6. The van der Waals surface area contributed by atoms with Gasteiger partial charge in [0.2, 0.25) is 6.79 Å². The van der Waals surface area contributed by atoms with Gasteiger partial charge in [0.05, 0.1) is 0 Å². The minimum absolute atomic E-state index is 0.0886. The number of unbranched alkanes of at least 4 members (excludes halogenated alkanes) is 1. The molecule has 0 aliphatic heterocycles. The summed E-state index contributed by atoms with van der Waals surface area (Å²) in [6, 6.07) is 11.9. The first kappa shape index (κ1) is 47.1. The third-order valence-electron chi connectivity index (χ3n) is 7.56. The Bertz CT molecular complexity index is 1280. The van der Waals surface area contributed by atoms with E-state index in [0.717, 1.165) is 67.2 Å². The van der Waals surface area contributed by atoms with E-state index in [2.05, 4.69) is 86.7 Å². The van der Waals surface area contributed by atoms with E-state index in [1.54, 1.807) is 32.3 Å². The van der Waals surface area contributed by atoms with Gasteiger partial charge in [-0.3, -0.25) is 0 Å². The van der Waals surface area contributed by atoms with E-state index in [1.807, 2.05) is 12.1 Å². The molecule has 3 rings (SSSR count). The summed E-state index contributed by atoms with van der Waals surface area (Å²) < 4.78 is 53.7. The van der Waals surface area contributed by atoms with Gasteiger partial charge in [-0.1, -0.05) is 100 Å². The summed E-state index contributed by atoms with van der Waals surface area (Å²) in [5.41, 5.74) is 5.35. The molecule has 0 spiro atoms. The normalized spacial score (nSPS) is 16.6. The molecular weight excluding hydrogens is 657 g/mol. The van der Waals surface area contributed by atoms with Crippen molar-refractivity contribution in [2.45, 2.75) is 84.2 Å². The number of aliphatic hydroxyl groups is 1. The van der Waals surface area contributed by atoms with Crippen LogP contribution < -0.4 is 9.47 Å². The molecule has 1 aliphatic carbocycles. The first-order chi connectivity index (χ1) is 24.7. The minimum Gasteiger partial charge on any atom is -0.467 e. The lowest BCUT2D eigenvalue weighted by Crippen LogP contribution is -2.07. The van der Waals surface area contributed by atoms with Crippen LogP contribution in [0, 0.1) is 5.92 Å². The Morgan fingerprint density at radius 2 is 1.55 bits per heavy atom. The molecule has 0 fully saturated rings. The Morgan fingerprint density at radius 3 is 2.14 bits per heavy atom. The van der Waals surface area contributed by atoms with Gasteiger partial charge in [-0.25, -0.2) is 5.26 Å². The number of ether oxygens (including phenoxy) is 3. The maximum absolute atomic E-state index is 12.5. The molecule has 284 valence electrons. The van der Waals surface area contributed by atoms with Crippen molar-refractivity contribution in [2.75, 3.05) is 27.3 Å².